The van der Waals surface area contributed by atoms with Gasteiger partial charge in [0.05, 0.1) is 33.9 Å². The summed E-state index contributed by atoms with van der Waals surface area (Å²) in [6, 6.07) is 8.19. The van der Waals surface area contributed by atoms with Gasteiger partial charge >= 0.3 is 0 Å². The first kappa shape index (κ1) is 16.1. The van der Waals surface area contributed by atoms with Crippen molar-refractivity contribution in [1.29, 1.82) is 0 Å². The number of hydrogen-bond donors (Lipinski definition) is 2. The Morgan fingerprint density at radius 1 is 1.05 bits per heavy atom. The molecule has 6 heteroatoms. The molecule has 1 unspecified atom stereocenters. The van der Waals surface area contributed by atoms with E-state index in [2.05, 4.69) is 5.32 Å². The third-order valence-corrected chi connectivity index (χ3v) is 4.12. The average molecular weight is 347 g/mol. The normalized spacial score (nSPS) is 12.0. The van der Waals surface area contributed by atoms with Gasteiger partial charge in [0.25, 0.3) is 0 Å². The van der Waals surface area contributed by atoms with E-state index in [0.29, 0.717) is 26.5 Å². The Kier molecular flexibility index (Phi) is 5.09. The van der Waals surface area contributed by atoms with Crippen LogP contribution in [-0.4, -0.2) is 12.2 Å². The zero-order valence-corrected chi connectivity index (χ0v) is 13.7. The number of hydrogen-bond acceptors (Lipinski definition) is 3. The van der Waals surface area contributed by atoms with Crippen molar-refractivity contribution >= 4 is 40.5 Å². The number of halogens is 3. The number of anilines is 1. The Morgan fingerprint density at radius 3 is 2.33 bits per heavy atom. The van der Waals surface area contributed by atoms with Crippen molar-refractivity contribution in [2.24, 2.45) is 0 Å². The first-order valence-corrected chi connectivity index (χ1v) is 7.33. The lowest BCUT2D eigenvalue weighted by Crippen LogP contribution is -2.07. The standard InChI is InChI=1S/C15H14Cl3NO2/c1-8(10-4-3-9(21-2)5-15(10)20)19-14-7-12(17)11(16)6-13(14)18/h3-8,19-20H,1-2H3. The molecule has 0 saturated heterocycles. The molecule has 2 aromatic rings. The number of rotatable bonds is 4. The Labute approximate surface area is 138 Å². The van der Waals surface area contributed by atoms with Crippen LogP contribution in [0.2, 0.25) is 15.1 Å². The minimum atomic E-state index is -0.175. The second-order valence-corrected chi connectivity index (χ2v) is 5.76. The van der Waals surface area contributed by atoms with Crippen LogP contribution in [-0.2, 0) is 0 Å². The van der Waals surface area contributed by atoms with Crippen LogP contribution in [0.3, 0.4) is 0 Å². The number of nitrogens with one attached hydrogen (secondary N) is 1. The summed E-state index contributed by atoms with van der Waals surface area (Å²) in [7, 11) is 1.55. The largest absolute Gasteiger partial charge is 0.507 e. The van der Waals surface area contributed by atoms with Gasteiger partial charge in [0.1, 0.15) is 11.5 Å². The molecule has 0 heterocycles. The summed E-state index contributed by atoms with van der Waals surface area (Å²) < 4.78 is 5.06. The zero-order valence-electron chi connectivity index (χ0n) is 11.5. The van der Waals surface area contributed by atoms with Crippen LogP contribution < -0.4 is 10.1 Å². The second-order valence-electron chi connectivity index (χ2n) is 4.54. The Bertz CT molecular complexity index is 662. The number of aromatic hydroxyl groups is 1. The summed E-state index contributed by atoms with van der Waals surface area (Å²) in [6.45, 7) is 1.90. The first-order chi connectivity index (χ1) is 9.92. The molecule has 0 aliphatic carbocycles. The highest BCUT2D eigenvalue weighted by Gasteiger charge is 2.14. The monoisotopic (exact) mass is 345 g/mol. The second kappa shape index (κ2) is 6.65. The molecule has 1 atom stereocenters. The highest BCUT2D eigenvalue weighted by atomic mass is 35.5. The summed E-state index contributed by atoms with van der Waals surface area (Å²) in [4.78, 5) is 0. The van der Waals surface area contributed by atoms with Crippen molar-refractivity contribution in [2.45, 2.75) is 13.0 Å². The third-order valence-electron chi connectivity index (χ3n) is 3.09. The SMILES string of the molecule is COc1ccc(C(C)Nc2cc(Cl)c(Cl)cc2Cl)c(O)c1. The maximum Gasteiger partial charge on any atom is 0.124 e. The smallest absolute Gasteiger partial charge is 0.124 e. The van der Waals surface area contributed by atoms with E-state index in [1.165, 1.54) is 0 Å². The van der Waals surface area contributed by atoms with Gasteiger partial charge in [-0.15, -0.1) is 0 Å². The quantitative estimate of drug-likeness (QED) is 0.715. The zero-order chi connectivity index (χ0) is 15.6. The van der Waals surface area contributed by atoms with Gasteiger partial charge in [0, 0.05) is 11.6 Å². The van der Waals surface area contributed by atoms with E-state index >= 15 is 0 Å². The molecule has 112 valence electrons. The van der Waals surface area contributed by atoms with E-state index in [0.717, 1.165) is 5.56 Å². The molecule has 0 aliphatic heterocycles. The molecule has 0 aliphatic rings. The van der Waals surface area contributed by atoms with Crippen molar-refractivity contribution in [1.82, 2.24) is 0 Å². The molecule has 0 amide bonds. The molecule has 0 radical (unpaired) electrons. The fraction of sp³-hybridized carbons (Fsp3) is 0.200. The lowest BCUT2D eigenvalue weighted by Gasteiger charge is -2.18. The molecule has 21 heavy (non-hydrogen) atoms. The molecule has 0 bridgehead atoms. The van der Waals surface area contributed by atoms with E-state index in [-0.39, 0.29) is 11.8 Å². The molecule has 3 nitrogen and oxygen atoms in total. The van der Waals surface area contributed by atoms with E-state index in [1.54, 1.807) is 37.4 Å². The third kappa shape index (κ3) is 3.67. The van der Waals surface area contributed by atoms with Crippen molar-refractivity contribution < 1.29 is 9.84 Å². The fourth-order valence-corrected chi connectivity index (χ4v) is 2.56. The number of methoxy groups -OCH3 is 1. The minimum Gasteiger partial charge on any atom is -0.507 e. The average Bonchev–Trinajstić information content (AvgIpc) is 2.44. The first-order valence-electron chi connectivity index (χ1n) is 6.20. The van der Waals surface area contributed by atoms with Crippen LogP contribution in [0.5, 0.6) is 11.5 Å². The van der Waals surface area contributed by atoms with Crippen LogP contribution in [0, 0.1) is 0 Å². The summed E-state index contributed by atoms with van der Waals surface area (Å²) in [6.07, 6.45) is 0. The Hall–Kier alpha value is -1.29. The molecular formula is C15H14Cl3NO2. The molecule has 0 saturated carbocycles. The van der Waals surface area contributed by atoms with Crippen LogP contribution in [0.4, 0.5) is 5.69 Å². The van der Waals surface area contributed by atoms with Gasteiger partial charge in [-0.25, -0.2) is 0 Å². The lowest BCUT2D eigenvalue weighted by molar-refractivity contribution is 0.406. The van der Waals surface area contributed by atoms with Gasteiger partial charge in [-0.3, -0.25) is 0 Å². The van der Waals surface area contributed by atoms with E-state index < -0.39 is 0 Å². The van der Waals surface area contributed by atoms with Crippen molar-refractivity contribution in [3.8, 4) is 11.5 Å². The van der Waals surface area contributed by atoms with Gasteiger partial charge in [-0.05, 0) is 31.2 Å². The molecule has 0 fully saturated rings. The number of ether oxygens (including phenoxy) is 1. The molecule has 2 N–H and O–H groups in total. The van der Waals surface area contributed by atoms with Gasteiger partial charge in [-0.2, -0.15) is 0 Å². The van der Waals surface area contributed by atoms with Crippen LogP contribution in [0.15, 0.2) is 30.3 Å². The van der Waals surface area contributed by atoms with Gasteiger partial charge in [0.2, 0.25) is 0 Å². The Balaban J connectivity index is 2.26. The summed E-state index contributed by atoms with van der Waals surface area (Å²) in [5.74, 6) is 0.738. The molecular weight excluding hydrogens is 333 g/mol. The number of benzene rings is 2. The van der Waals surface area contributed by atoms with Gasteiger partial charge < -0.3 is 15.2 Å². The van der Waals surface area contributed by atoms with Crippen LogP contribution in [0.25, 0.3) is 0 Å². The van der Waals surface area contributed by atoms with E-state index in [9.17, 15) is 5.11 Å². The molecule has 2 aromatic carbocycles. The van der Waals surface area contributed by atoms with Crippen LogP contribution >= 0.6 is 34.8 Å². The van der Waals surface area contributed by atoms with Crippen LogP contribution in [0.1, 0.15) is 18.5 Å². The van der Waals surface area contributed by atoms with Gasteiger partial charge in [-0.1, -0.05) is 34.8 Å². The minimum absolute atomic E-state index is 0.144. The van der Waals surface area contributed by atoms with E-state index in [4.69, 9.17) is 39.5 Å². The molecule has 0 aromatic heterocycles. The summed E-state index contributed by atoms with van der Waals surface area (Å²) >= 11 is 18.0. The highest BCUT2D eigenvalue weighted by Crippen LogP contribution is 2.36. The highest BCUT2D eigenvalue weighted by molar-refractivity contribution is 6.44. The topological polar surface area (TPSA) is 41.5 Å². The predicted octanol–water partition coefficient (Wildman–Crippen LogP) is 5.53. The molecule has 0 spiro atoms. The van der Waals surface area contributed by atoms with Gasteiger partial charge in [0.15, 0.2) is 0 Å². The van der Waals surface area contributed by atoms with Crippen molar-refractivity contribution in [2.75, 3.05) is 12.4 Å². The molecule has 2 rings (SSSR count). The maximum absolute atomic E-state index is 10.0. The summed E-state index contributed by atoms with van der Waals surface area (Å²) in [5, 5.41) is 14.5. The van der Waals surface area contributed by atoms with Crippen molar-refractivity contribution in [3.63, 3.8) is 0 Å². The Morgan fingerprint density at radius 2 is 1.71 bits per heavy atom. The van der Waals surface area contributed by atoms with Crippen molar-refractivity contribution in [3.05, 3.63) is 51.0 Å². The van der Waals surface area contributed by atoms with E-state index in [1.807, 2.05) is 6.92 Å². The number of phenolic OH excluding ortho intramolecular Hbond substituents is 1. The number of phenols is 1. The lowest BCUT2D eigenvalue weighted by atomic mass is 10.1. The summed E-state index contributed by atoms with van der Waals surface area (Å²) in [5.41, 5.74) is 1.37. The maximum atomic E-state index is 10.0. The fourth-order valence-electron chi connectivity index (χ4n) is 1.96. The predicted molar refractivity (Wildman–Crippen MR) is 88.2 cm³/mol.